The molecule has 2 nitrogen and oxygen atoms in total. The van der Waals surface area contributed by atoms with Gasteiger partial charge in [0.05, 0.1) is 6.10 Å². The molecule has 2 aliphatic carbocycles. The van der Waals surface area contributed by atoms with E-state index in [2.05, 4.69) is 54.3 Å². The topological polar surface area (TPSA) is 26.3 Å². The van der Waals surface area contributed by atoms with Crippen molar-refractivity contribution < 1.29 is 9.22 Å². The van der Waals surface area contributed by atoms with Gasteiger partial charge in [0.15, 0.2) is 14.1 Å². The summed E-state index contributed by atoms with van der Waals surface area (Å²) in [4.78, 5) is 12.3. The minimum Gasteiger partial charge on any atom is -0.413 e. The van der Waals surface area contributed by atoms with E-state index in [0.29, 0.717) is 18.1 Å². The summed E-state index contributed by atoms with van der Waals surface area (Å²) in [5, 5.41) is 0.197. The van der Waals surface area contributed by atoms with Crippen molar-refractivity contribution in [2.45, 2.75) is 91.5 Å². The molecule has 2 rings (SSSR count). The van der Waals surface area contributed by atoms with Crippen LogP contribution in [0, 0.1) is 11.3 Å². The lowest BCUT2D eigenvalue weighted by Crippen LogP contribution is -2.52. The van der Waals surface area contributed by atoms with Gasteiger partial charge in [0, 0.05) is 11.8 Å². The molecule has 1 fully saturated rings. The Bertz CT molecular complexity index is 579. The van der Waals surface area contributed by atoms with Crippen LogP contribution in [-0.4, -0.2) is 20.2 Å². The highest BCUT2D eigenvalue weighted by molar-refractivity contribution is 6.74. The lowest BCUT2D eigenvalue weighted by molar-refractivity contribution is -0.117. The zero-order chi connectivity index (χ0) is 18.5. The molecule has 0 aromatic carbocycles. The fourth-order valence-corrected chi connectivity index (χ4v) is 5.41. The molecule has 0 aliphatic heterocycles. The van der Waals surface area contributed by atoms with Gasteiger partial charge in [-0.1, -0.05) is 45.4 Å². The van der Waals surface area contributed by atoms with Crippen molar-refractivity contribution in [3.05, 3.63) is 23.3 Å². The van der Waals surface area contributed by atoms with Gasteiger partial charge in [0.1, 0.15) is 0 Å². The Kier molecular flexibility index (Phi) is 5.11. The molecule has 0 bridgehead atoms. The molecule has 0 N–H and O–H groups in total. The van der Waals surface area contributed by atoms with Gasteiger partial charge in [-0.3, -0.25) is 4.79 Å². The number of hydrogen-bond donors (Lipinski definition) is 0. The summed E-state index contributed by atoms with van der Waals surface area (Å²) in [5.74, 6) is 0.764. The molecule has 0 aromatic heterocycles. The Balaban J connectivity index is 2.45. The number of ketones is 1. The Morgan fingerprint density at radius 3 is 2.42 bits per heavy atom. The van der Waals surface area contributed by atoms with E-state index in [1.807, 2.05) is 6.92 Å². The second-order valence-electron chi connectivity index (χ2n) is 9.79. The van der Waals surface area contributed by atoms with Gasteiger partial charge < -0.3 is 4.43 Å². The van der Waals surface area contributed by atoms with E-state index < -0.39 is 8.32 Å². The molecular weight excluding hydrogens is 312 g/mol. The largest absolute Gasteiger partial charge is 0.413 e. The standard InChI is InChI=1S/C21H36O2Si/c1-14(2)16-12-17-15(3)18(22)10-11-21(17,7)19(13-16)23-24(8,9)20(4,5)6/h16,19H,1,10-13H2,2-9H3/t16-,19-,21-/m0/s1. The van der Waals surface area contributed by atoms with Crippen LogP contribution in [-0.2, 0) is 9.22 Å². The van der Waals surface area contributed by atoms with Crippen molar-refractivity contribution in [3.8, 4) is 0 Å². The lowest BCUT2D eigenvalue weighted by atomic mass is 9.59. The van der Waals surface area contributed by atoms with Crippen LogP contribution >= 0.6 is 0 Å². The summed E-state index contributed by atoms with van der Waals surface area (Å²) in [6, 6.07) is 0. The third-order valence-electron chi connectivity index (χ3n) is 7.03. The summed E-state index contributed by atoms with van der Waals surface area (Å²) in [6.45, 7) is 22.3. The van der Waals surface area contributed by atoms with Crippen LogP contribution in [0.1, 0.15) is 67.2 Å². The van der Waals surface area contributed by atoms with Crippen LogP contribution in [0.3, 0.4) is 0 Å². The van der Waals surface area contributed by atoms with Crippen molar-refractivity contribution in [1.82, 2.24) is 0 Å². The van der Waals surface area contributed by atoms with Crippen LogP contribution in [0.5, 0.6) is 0 Å². The molecule has 0 aromatic rings. The Labute approximate surface area is 149 Å². The van der Waals surface area contributed by atoms with Crippen molar-refractivity contribution in [3.63, 3.8) is 0 Å². The molecule has 3 atom stereocenters. The summed E-state index contributed by atoms with van der Waals surface area (Å²) in [6.07, 6.45) is 3.83. The van der Waals surface area contributed by atoms with Gasteiger partial charge in [0.25, 0.3) is 0 Å². The highest BCUT2D eigenvalue weighted by atomic mass is 28.4. The van der Waals surface area contributed by atoms with Gasteiger partial charge in [0.2, 0.25) is 0 Å². The predicted octanol–water partition coefficient (Wildman–Crippen LogP) is 6.05. The first-order valence-corrected chi connectivity index (χ1v) is 12.3. The summed E-state index contributed by atoms with van der Waals surface area (Å²) >= 11 is 0. The number of allylic oxidation sites excluding steroid dienone is 2. The third kappa shape index (κ3) is 3.34. The summed E-state index contributed by atoms with van der Waals surface area (Å²) < 4.78 is 6.93. The van der Waals surface area contributed by atoms with E-state index in [-0.39, 0.29) is 16.6 Å². The molecule has 2 aliphatic rings. The minimum absolute atomic E-state index is 0.0134. The van der Waals surface area contributed by atoms with Gasteiger partial charge in [-0.25, -0.2) is 0 Å². The average molecular weight is 349 g/mol. The number of Topliss-reactive ketones (excluding diaryl/α,β-unsaturated/α-hetero) is 1. The zero-order valence-corrected chi connectivity index (χ0v) is 18.0. The third-order valence-corrected chi connectivity index (χ3v) is 11.5. The van der Waals surface area contributed by atoms with Crippen molar-refractivity contribution in [2.24, 2.45) is 11.3 Å². The van der Waals surface area contributed by atoms with Gasteiger partial charge in [-0.15, -0.1) is 0 Å². The fourth-order valence-electron chi connectivity index (χ4n) is 3.98. The SMILES string of the molecule is C=C(C)[C@H]1CC2=C(C)C(=O)CC[C@]2(C)[C@@H](O[Si](C)(C)C(C)(C)C)C1. The number of rotatable bonds is 3. The molecular formula is C21H36O2Si. The van der Waals surface area contributed by atoms with E-state index >= 15 is 0 Å². The second-order valence-corrected chi connectivity index (χ2v) is 14.6. The molecule has 1 saturated carbocycles. The molecule has 3 heteroatoms. The molecule has 0 spiro atoms. The Morgan fingerprint density at radius 1 is 1.33 bits per heavy atom. The van der Waals surface area contributed by atoms with Crippen molar-refractivity contribution >= 4 is 14.1 Å². The average Bonchev–Trinajstić information content (AvgIpc) is 2.43. The molecule has 0 saturated heterocycles. The number of carbonyl (C=O) groups is 1. The van der Waals surface area contributed by atoms with E-state index in [4.69, 9.17) is 4.43 Å². The number of carbonyl (C=O) groups excluding carboxylic acids is 1. The maximum absolute atomic E-state index is 12.3. The van der Waals surface area contributed by atoms with Crippen molar-refractivity contribution in [2.75, 3.05) is 0 Å². The normalized spacial score (nSPS) is 31.9. The van der Waals surface area contributed by atoms with E-state index in [9.17, 15) is 4.79 Å². The van der Waals surface area contributed by atoms with Crippen LogP contribution < -0.4 is 0 Å². The van der Waals surface area contributed by atoms with Crippen LogP contribution in [0.25, 0.3) is 0 Å². The van der Waals surface area contributed by atoms with Crippen LogP contribution in [0.15, 0.2) is 23.3 Å². The molecule has 0 radical (unpaired) electrons. The predicted molar refractivity (Wildman–Crippen MR) is 105 cm³/mol. The second kappa shape index (κ2) is 6.24. The summed E-state index contributed by atoms with van der Waals surface area (Å²) in [7, 11) is -1.86. The van der Waals surface area contributed by atoms with E-state index in [1.54, 1.807) is 0 Å². The quantitative estimate of drug-likeness (QED) is 0.458. The monoisotopic (exact) mass is 348 g/mol. The number of hydrogen-bond acceptors (Lipinski definition) is 2. The molecule has 0 heterocycles. The molecule has 24 heavy (non-hydrogen) atoms. The highest BCUT2D eigenvalue weighted by Crippen LogP contribution is 2.54. The fraction of sp³-hybridized carbons (Fsp3) is 0.762. The molecule has 136 valence electrons. The first kappa shape index (κ1) is 19.6. The van der Waals surface area contributed by atoms with Gasteiger partial charge >= 0.3 is 0 Å². The first-order chi connectivity index (χ1) is 10.8. The van der Waals surface area contributed by atoms with E-state index in [1.165, 1.54) is 11.1 Å². The van der Waals surface area contributed by atoms with Crippen LogP contribution in [0.4, 0.5) is 0 Å². The summed E-state index contributed by atoms with van der Waals surface area (Å²) in [5.41, 5.74) is 3.58. The van der Waals surface area contributed by atoms with E-state index in [0.717, 1.165) is 24.8 Å². The zero-order valence-electron chi connectivity index (χ0n) is 17.0. The number of fused-ring (bicyclic) bond motifs is 1. The maximum atomic E-state index is 12.3. The molecule has 0 amide bonds. The molecule has 0 unspecified atom stereocenters. The highest BCUT2D eigenvalue weighted by Gasteiger charge is 2.51. The first-order valence-electron chi connectivity index (χ1n) is 9.36. The smallest absolute Gasteiger partial charge is 0.192 e. The van der Waals surface area contributed by atoms with Crippen LogP contribution in [0.2, 0.25) is 18.1 Å². The van der Waals surface area contributed by atoms with Crippen molar-refractivity contribution in [1.29, 1.82) is 0 Å². The lowest BCUT2D eigenvalue weighted by Gasteiger charge is -2.52. The Morgan fingerprint density at radius 2 is 1.92 bits per heavy atom. The van der Waals surface area contributed by atoms with Gasteiger partial charge in [-0.05, 0) is 62.7 Å². The van der Waals surface area contributed by atoms with Gasteiger partial charge in [-0.2, -0.15) is 0 Å². The maximum Gasteiger partial charge on any atom is 0.192 e. The Hall–Kier alpha value is -0.673. The minimum atomic E-state index is -1.86.